The number of hydrogen-bond acceptors (Lipinski definition) is 4. The number of likely N-dealkylation sites (tertiary alicyclic amines) is 1. The second-order valence-electron chi connectivity index (χ2n) is 7.38. The van der Waals surface area contributed by atoms with E-state index in [1.165, 1.54) is 13.2 Å². The number of benzene rings is 1. The molecule has 1 amide bonds. The Labute approximate surface area is 176 Å². The van der Waals surface area contributed by atoms with Crippen LogP contribution in [0.2, 0.25) is 0 Å². The molecule has 1 aromatic rings. The van der Waals surface area contributed by atoms with Crippen molar-refractivity contribution >= 4 is 11.9 Å². The minimum atomic E-state index is -0.863. The van der Waals surface area contributed by atoms with E-state index in [0.717, 1.165) is 12.8 Å². The number of aliphatic hydroxyl groups excluding tert-OH is 1. The molecule has 0 bridgehead atoms. The van der Waals surface area contributed by atoms with Crippen LogP contribution in [0.4, 0.5) is 4.39 Å². The summed E-state index contributed by atoms with van der Waals surface area (Å²) in [5.74, 6) is -0.757. The molecule has 1 aliphatic heterocycles. The summed E-state index contributed by atoms with van der Waals surface area (Å²) in [5.41, 5.74) is 0.397. The maximum atomic E-state index is 14.1. The smallest absolute Gasteiger partial charge is 0.303 e. The molecule has 2 N–H and O–H groups in total. The van der Waals surface area contributed by atoms with Crippen LogP contribution in [0.25, 0.3) is 0 Å². The molecule has 2 rings (SSSR count). The van der Waals surface area contributed by atoms with Gasteiger partial charge < -0.3 is 19.8 Å². The molecule has 0 saturated carbocycles. The van der Waals surface area contributed by atoms with Gasteiger partial charge in [-0.1, -0.05) is 30.4 Å². The predicted molar refractivity (Wildman–Crippen MR) is 112 cm³/mol. The van der Waals surface area contributed by atoms with Crippen LogP contribution in [-0.2, 0) is 16.0 Å². The van der Waals surface area contributed by atoms with E-state index >= 15 is 0 Å². The van der Waals surface area contributed by atoms with E-state index in [1.54, 1.807) is 23.1 Å². The Bertz CT molecular complexity index is 777. The van der Waals surface area contributed by atoms with E-state index < -0.39 is 17.9 Å². The topological polar surface area (TPSA) is 87.1 Å². The lowest BCUT2D eigenvalue weighted by molar-refractivity contribution is -0.137. The largest absolute Gasteiger partial charge is 0.497 e. The molecular formula is C23H30FNO5. The first-order chi connectivity index (χ1) is 14.4. The number of carboxylic acid groups (broad SMARTS) is 1. The predicted octanol–water partition coefficient (Wildman–Crippen LogP) is 3.49. The number of ether oxygens (including phenoxy) is 1. The van der Waals surface area contributed by atoms with Gasteiger partial charge >= 0.3 is 5.97 Å². The van der Waals surface area contributed by atoms with Gasteiger partial charge in [-0.15, -0.1) is 0 Å². The third-order valence-corrected chi connectivity index (χ3v) is 5.09. The quantitative estimate of drug-likeness (QED) is 0.424. The highest BCUT2D eigenvalue weighted by atomic mass is 19.1. The highest BCUT2D eigenvalue weighted by Gasteiger charge is 2.25. The van der Waals surface area contributed by atoms with Crippen LogP contribution in [-0.4, -0.2) is 52.8 Å². The molecule has 1 aliphatic rings. The summed E-state index contributed by atoms with van der Waals surface area (Å²) >= 11 is 0. The molecule has 0 aliphatic carbocycles. The Morgan fingerprint density at radius 3 is 2.90 bits per heavy atom. The fourth-order valence-electron chi connectivity index (χ4n) is 3.43. The maximum absolute atomic E-state index is 14.1. The first kappa shape index (κ1) is 23.6. The monoisotopic (exact) mass is 419 g/mol. The molecule has 1 saturated heterocycles. The lowest BCUT2D eigenvalue weighted by atomic mass is 9.99. The number of piperidine rings is 1. The molecule has 1 unspecified atom stereocenters. The number of halogens is 1. The van der Waals surface area contributed by atoms with Crippen molar-refractivity contribution in [2.45, 2.75) is 57.1 Å². The van der Waals surface area contributed by atoms with Gasteiger partial charge in [0.15, 0.2) is 0 Å². The van der Waals surface area contributed by atoms with E-state index in [-0.39, 0.29) is 24.8 Å². The number of unbranched alkanes of at least 4 members (excludes halogenated alkanes) is 1. The van der Waals surface area contributed by atoms with E-state index in [0.29, 0.717) is 37.1 Å². The summed E-state index contributed by atoms with van der Waals surface area (Å²) in [4.78, 5) is 24.6. The van der Waals surface area contributed by atoms with Crippen molar-refractivity contribution in [3.63, 3.8) is 0 Å². The van der Waals surface area contributed by atoms with Gasteiger partial charge in [0, 0.05) is 31.9 Å². The van der Waals surface area contributed by atoms with Crippen LogP contribution >= 0.6 is 0 Å². The van der Waals surface area contributed by atoms with Gasteiger partial charge in [-0.05, 0) is 37.3 Å². The van der Waals surface area contributed by atoms with Gasteiger partial charge in [0.05, 0.1) is 19.3 Å². The Balaban J connectivity index is 1.91. The Morgan fingerprint density at radius 1 is 1.40 bits per heavy atom. The summed E-state index contributed by atoms with van der Waals surface area (Å²) in [6.45, 7) is 0.449. The standard InChI is InChI=1S/C23H30FNO5/c1-30-20-13-10-17(21(24)16-20)15-19(26)12-11-18-7-6-8-22(27)25(18)14-5-3-2-4-9-23(28)29/h3,5,10-13,16,18-19,26H,2,4,6-9,14-15H2,1H3,(H,28,29)/t18-,19?/m1/s1. The second-order valence-corrected chi connectivity index (χ2v) is 7.38. The summed E-state index contributed by atoms with van der Waals surface area (Å²) in [6.07, 6.45) is 9.93. The number of hydrogen-bond donors (Lipinski definition) is 2. The Kier molecular flexibility index (Phi) is 9.54. The van der Waals surface area contributed by atoms with Crippen molar-refractivity contribution in [3.8, 4) is 5.75 Å². The number of rotatable bonds is 11. The van der Waals surface area contributed by atoms with Gasteiger partial charge in [-0.3, -0.25) is 9.59 Å². The third-order valence-electron chi connectivity index (χ3n) is 5.09. The molecule has 0 spiro atoms. The molecule has 30 heavy (non-hydrogen) atoms. The van der Waals surface area contributed by atoms with Crippen molar-refractivity contribution in [2.75, 3.05) is 13.7 Å². The van der Waals surface area contributed by atoms with E-state index in [9.17, 15) is 19.1 Å². The zero-order valence-corrected chi connectivity index (χ0v) is 17.3. The number of carboxylic acids is 1. The summed E-state index contributed by atoms with van der Waals surface area (Å²) < 4.78 is 19.1. The fourth-order valence-corrected chi connectivity index (χ4v) is 3.43. The molecular weight excluding hydrogens is 389 g/mol. The minimum absolute atomic E-state index is 0.0572. The number of nitrogens with zero attached hydrogens (tertiary/aromatic N) is 1. The molecule has 164 valence electrons. The number of methoxy groups -OCH3 is 1. The van der Waals surface area contributed by atoms with Gasteiger partial charge in [0.25, 0.3) is 0 Å². The summed E-state index contributed by atoms with van der Waals surface area (Å²) in [7, 11) is 1.47. The molecule has 0 radical (unpaired) electrons. The molecule has 7 heteroatoms. The van der Waals surface area contributed by atoms with Crippen LogP contribution in [0.15, 0.2) is 42.5 Å². The minimum Gasteiger partial charge on any atom is -0.497 e. The second kappa shape index (κ2) is 12.1. The highest BCUT2D eigenvalue weighted by Crippen LogP contribution is 2.21. The zero-order valence-electron chi connectivity index (χ0n) is 17.3. The van der Waals surface area contributed by atoms with Gasteiger partial charge in [-0.2, -0.15) is 0 Å². The lowest BCUT2D eigenvalue weighted by Gasteiger charge is -2.33. The van der Waals surface area contributed by atoms with Gasteiger partial charge in [0.1, 0.15) is 11.6 Å². The van der Waals surface area contributed by atoms with Crippen LogP contribution in [0, 0.1) is 5.82 Å². The number of allylic oxidation sites excluding steroid dienone is 1. The third kappa shape index (κ3) is 7.63. The van der Waals surface area contributed by atoms with Crippen LogP contribution in [0.5, 0.6) is 5.75 Å². The maximum Gasteiger partial charge on any atom is 0.303 e. The van der Waals surface area contributed by atoms with Gasteiger partial charge in [-0.25, -0.2) is 4.39 Å². The fraction of sp³-hybridized carbons (Fsp3) is 0.478. The number of aliphatic carboxylic acids is 1. The average molecular weight is 419 g/mol. The van der Waals surface area contributed by atoms with Crippen LogP contribution < -0.4 is 4.74 Å². The zero-order chi connectivity index (χ0) is 21.9. The van der Waals surface area contributed by atoms with Gasteiger partial charge in [0.2, 0.25) is 5.91 Å². The molecule has 1 heterocycles. The Hall–Kier alpha value is -2.67. The average Bonchev–Trinajstić information content (AvgIpc) is 2.71. The molecule has 2 atom stereocenters. The first-order valence-electron chi connectivity index (χ1n) is 10.3. The number of carbonyl (C=O) groups excluding carboxylic acids is 1. The van der Waals surface area contributed by atoms with E-state index in [2.05, 4.69) is 0 Å². The highest BCUT2D eigenvalue weighted by molar-refractivity contribution is 5.77. The van der Waals surface area contributed by atoms with Crippen molar-refractivity contribution in [3.05, 3.63) is 53.9 Å². The number of aliphatic hydroxyl groups is 1. The van der Waals surface area contributed by atoms with Crippen LogP contribution in [0.3, 0.4) is 0 Å². The van der Waals surface area contributed by atoms with Crippen LogP contribution in [0.1, 0.15) is 44.1 Å². The Morgan fingerprint density at radius 2 is 2.20 bits per heavy atom. The lowest BCUT2D eigenvalue weighted by Crippen LogP contribution is -2.42. The van der Waals surface area contributed by atoms with Crippen molar-refractivity contribution < 1.29 is 28.9 Å². The van der Waals surface area contributed by atoms with Crippen molar-refractivity contribution in [2.24, 2.45) is 0 Å². The van der Waals surface area contributed by atoms with E-state index in [1.807, 2.05) is 18.2 Å². The van der Waals surface area contributed by atoms with E-state index in [4.69, 9.17) is 9.84 Å². The molecule has 0 aromatic heterocycles. The SMILES string of the molecule is COc1ccc(CC(O)C=C[C@H]2CCCC(=O)N2CC=CCCCC(=O)O)c(F)c1. The summed E-state index contributed by atoms with van der Waals surface area (Å²) in [5, 5.41) is 19.0. The van der Waals surface area contributed by atoms with Crippen molar-refractivity contribution in [1.82, 2.24) is 4.90 Å². The normalized spacial score (nSPS) is 18.3. The first-order valence-corrected chi connectivity index (χ1v) is 10.3. The molecule has 6 nitrogen and oxygen atoms in total. The number of amides is 1. The number of carbonyl (C=O) groups is 2. The molecule has 1 fully saturated rings. The van der Waals surface area contributed by atoms with Crippen molar-refractivity contribution in [1.29, 1.82) is 0 Å². The molecule has 1 aromatic carbocycles. The summed E-state index contributed by atoms with van der Waals surface area (Å²) in [6, 6.07) is 4.41.